The maximum absolute atomic E-state index is 11.9. The number of likely N-dealkylation sites (tertiary alicyclic amines) is 1. The number of fused-ring (bicyclic) bond motifs is 3. The lowest BCUT2D eigenvalue weighted by Gasteiger charge is -2.52. The van der Waals surface area contributed by atoms with Crippen molar-refractivity contribution in [3.63, 3.8) is 0 Å². The first kappa shape index (κ1) is 20.6. The molecule has 3 atom stereocenters. The molecule has 3 aromatic rings. The molecule has 1 saturated carbocycles. The Kier molecular flexibility index (Phi) is 5.10. The van der Waals surface area contributed by atoms with Crippen LogP contribution < -0.4 is 4.74 Å². The zero-order valence-electron chi connectivity index (χ0n) is 19.1. The van der Waals surface area contributed by atoms with Crippen molar-refractivity contribution >= 4 is 10.9 Å². The van der Waals surface area contributed by atoms with Gasteiger partial charge in [0.15, 0.2) is 0 Å². The van der Waals surface area contributed by atoms with Crippen LogP contribution in [0.4, 0.5) is 0 Å². The lowest BCUT2D eigenvalue weighted by atomic mass is 9.65. The fourth-order valence-electron chi connectivity index (χ4n) is 6.01. The largest absolute Gasteiger partial charge is 0.497 e. The molecular weight excluding hydrogens is 388 g/mol. The Morgan fingerprint density at radius 1 is 1.23 bits per heavy atom. The first-order valence-electron chi connectivity index (χ1n) is 11.5. The summed E-state index contributed by atoms with van der Waals surface area (Å²) in [6, 6.07) is 6.78. The zero-order chi connectivity index (χ0) is 21.8. The monoisotopic (exact) mass is 422 g/mol. The van der Waals surface area contributed by atoms with Crippen molar-refractivity contribution < 1.29 is 9.84 Å². The van der Waals surface area contributed by atoms with Crippen LogP contribution in [-0.2, 0) is 19.2 Å². The highest BCUT2D eigenvalue weighted by Gasteiger charge is 2.53. The van der Waals surface area contributed by atoms with E-state index in [4.69, 9.17) is 4.74 Å². The molecule has 0 spiro atoms. The second kappa shape index (κ2) is 7.68. The number of aliphatic hydroxyl groups is 1. The molecule has 1 aromatic carbocycles. The van der Waals surface area contributed by atoms with Crippen LogP contribution in [0.5, 0.6) is 5.75 Å². The Labute approximate surface area is 184 Å². The van der Waals surface area contributed by atoms with Crippen LogP contribution in [0.1, 0.15) is 50.5 Å². The number of piperidine rings is 1. The van der Waals surface area contributed by atoms with E-state index >= 15 is 0 Å². The van der Waals surface area contributed by atoms with Gasteiger partial charge in [0.1, 0.15) is 17.2 Å². The highest BCUT2D eigenvalue weighted by Crippen LogP contribution is 2.49. The average Bonchev–Trinajstić information content (AvgIpc) is 3.32. The van der Waals surface area contributed by atoms with Crippen LogP contribution in [0.3, 0.4) is 0 Å². The van der Waals surface area contributed by atoms with Crippen LogP contribution in [-0.4, -0.2) is 44.3 Å². The Morgan fingerprint density at radius 2 is 1.97 bits per heavy atom. The molecule has 1 aliphatic heterocycles. The molecule has 3 heterocycles. The predicted molar refractivity (Wildman–Crippen MR) is 122 cm³/mol. The summed E-state index contributed by atoms with van der Waals surface area (Å²) in [5.74, 6) is 2.17. The number of hydrogen-bond acceptors (Lipinski definition) is 4. The Morgan fingerprint density at radius 3 is 2.58 bits per heavy atom. The molecule has 1 unspecified atom stereocenters. The number of benzene rings is 1. The van der Waals surface area contributed by atoms with Crippen molar-refractivity contribution in [3.8, 4) is 5.75 Å². The first-order valence-corrected chi connectivity index (χ1v) is 11.5. The number of rotatable bonds is 5. The second-order valence-corrected chi connectivity index (χ2v) is 9.74. The fraction of sp³-hybridized carbons (Fsp3) is 0.560. The number of imidazole rings is 1. The number of aromatic nitrogens is 3. The molecule has 0 radical (unpaired) electrons. The van der Waals surface area contributed by atoms with Gasteiger partial charge in [0, 0.05) is 74.1 Å². The van der Waals surface area contributed by atoms with E-state index < -0.39 is 5.60 Å². The topological polar surface area (TPSA) is 55.5 Å². The number of ether oxygens (including phenoxy) is 1. The number of nitrogens with zero attached hydrogens (tertiary/aromatic N) is 4. The van der Waals surface area contributed by atoms with Crippen LogP contribution in [0, 0.1) is 11.8 Å². The second-order valence-electron chi connectivity index (χ2n) is 9.74. The van der Waals surface area contributed by atoms with Gasteiger partial charge in [-0.1, -0.05) is 6.42 Å². The molecule has 166 valence electrons. The van der Waals surface area contributed by atoms with E-state index in [1.807, 2.05) is 30.1 Å². The summed E-state index contributed by atoms with van der Waals surface area (Å²) in [6.07, 6.45) is 9.37. The van der Waals surface area contributed by atoms with Crippen LogP contribution in [0.15, 0.2) is 36.8 Å². The quantitative estimate of drug-likeness (QED) is 0.673. The van der Waals surface area contributed by atoms with Crippen LogP contribution >= 0.6 is 0 Å². The molecule has 31 heavy (non-hydrogen) atoms. The molecule has 1 aliphatic carbocycles. The van der Waals surface area contributed by atoms with Gasteiger partial charge in [-0.3, -0.25) is 4.90 Å². The van der Waals surface area contributed by atoms with Gasteiger partial charge in [0.2, 0.25) is 0 Å². The number of aryl methyl sites for hydroxylation is 1. The summed E-state index contributed by atoms with van der Waals surface area (Å²) in [4.78, 5) is 7.11. The number of methoxy groups -OCH3 is 1. The maximum Gasteiger partial charge on any atom is 0.141 e. The third kappa shape index (κ3) is 3.28. The normalized spacial score (nSPS) is 26.6. The molecule has 6 heteroatoms. The minimum absolute atomic E-state index is 0.217. The van der Waals surface area contributed by atoms with Gasteiger partial charge in [-0.05, 0) is 50.5 Å². The van der Waals surface area contributed by atoms with E-state index in [-0.39, 0.29) is 11.8 Å². The summed E-state index contributed by atoms with van der Waals surface area (Å²) >= 11 is 0. The van der Waals surface area contributed by atoms with Gasteiger partial charge in [-0.2, -0.15) is 0 Å². The van der Waals surface area contributed by atoms with Gasteiger partial charge >= 0.3 is 0 Å². The standard InChI is InChI=1S/C25H34N4O2/c1-17(2)29-14-18(22-12-21(31-4)8-9-23(22)29)13-28-15-19-6-5-7-20(16-28)25(19,30)24-26-10-11-27(24)3/h8-12,14,17,19-20,30H,5-7,13,15-16H2,1-4H3/t19-,20+,25?. The van der Waals surface area contributed by atoms with E-state index in [2.05, 4.69) is 46.6 Å². The van der Waals surface area contributed by atoms with Gasteiger partial charge < -0.3 is 19.0 Å². The van der Waals surface area contributed by atoms with E-state index in [1.165, 1.54) is 22.9 Å². The lowest BCUT2D eigenvalue weighted by molar-refractivity contribution is -0.155. The van der Waals surface area contributed by atoms with Crippen molar-refractivity contribution in [2.24, 2.45) is 18.9 Å². The summed E-state index contributed by atoms with van der Waals surface area (Å²) in [7, 11) is 3.72. The highest BCUT2D eigenvalue weighted by molar-refractivity contribution is 5.85. The van der Waals surface area contributed by atoms with Crippen molar-refractivity contribution in [1.82, 2.24) is 19.0 Å². The molecular formula is C25H34N4O2. The van der Waals surface area contributed by atoms with E-state index in [9.17, 15) is 5.11 Å². The summed E-state index contributed by atoms with van der Waals surface area (Å²) < 4.78 is 9.88. The average molecular weight is 423 g/mol. The molecule has 2 aromatic heterocycles. The summed E-state index contributed by atoms with van der Waals surface area (Å²) in [6.45, 7) is 7.15. The van der Waals surface area contributed by atoms with Gasteiger partial charge in [0.25, 0.3) is 0 Å². The smallest absolute Gasteiger partial charge is 0.141 e. The van der Waals surface area contributed by atoms with Crippen LogP contribution in [0.2, 0.25) is 0 Å². The Balaban J connectivity index is 1.46. The highest BCUT2D eigenvalue weighted by atomic mass is 16.5. The van der Waals surface area contributed by atoms with Crippen molar-refractivity contribution in [3.05, 3.63) is 48.2 Å². The molecule has 2 aliphatic rings. The van der Waals surface area contributed by atoms with Gasteiger partial charge in [-0.15, -0.1) is 0 Å². The molecule has 0 amide bonds. The summed E-state index contributed by atoms with van der Waals surface area (Å²) in [5, 5.41) is 13.1. The third-order valence-corrected chi connectivity index (χ3v) is 7.56. The van der Waals surface area contributed by atoms with Gasteiger partial charge in [-0.25, -0.2) is 4.98 Å². The van der Waals surface area contributed by atoms with Crippen molar-refractivity contribution in [2.45, 2.75) is 51.3 Å². The molecule has 1 saturated heterocycles. The Bertz CT molecular complexity index is 1070. The lowest BCUT2D eigenvalue weighted by Crippen LogP contribution is -2.58. The molecule has 1 N–H and O–H groups in total. The minimum Gasteiger partial charge on any atom is -0.497 e. The Hall–Kier alpha value is -2.31. The molecule has 6 nitrogen and oxygen atoms in total. The summed E-state index contributed by atoms with van der Waals surface area (Å²) in [5.41, 5.74) is 1.78. The van der Waals surface area contributed by atoms with Crippen molar-refractivity contribution in [1.29, 1.82) is 0 Å². The third-order valence-electron chi connectivity index (χ3n) is 7.56. The van der Waals surface area contributed by atoms with Gasteiger partial charge in [0.05, 0.1) is 7.11 Å². The minimum atomic E-state index is -0.817. The maximum atomic E-state index is 11.9. The molecule has 2 bridgehead atoms. The first-order chi connectivity index (χ1) is 14.9. The SMILES string of the molecule is COc1ccc2c(c1)c(CN1C[C@H]3CCC[C@@H](C1)C3(O)c1nccn1C)cn2C(C)C. The van der Waals surface area contributed by atoms with Crippen LogP contribution in [0.25, 0.3) is 10.9 Å². The molecule has 2 fully saturated rings. The fourth-order valence-corrected chi connectivity index (χ4v) is 6.01. The van der Waals surface area contributed by atoms with Crippen molar-refractivity contribution in [2.75, 3.05) is 20.2 Å². The predicted octanol–water partition coefficient (Wildman–Crippen LogP) is 4.08. The zero-order valence-corrected chi connectivity index (χ0v) is 19.1. The van der Waals surface area contributed by atoms with E-state index in [1.54, 1.807) is 7.11 Å². The van der Waals surface area contributed by atoms with E-state index in [0.29, 0.717) is 6.04 Å². The number of hydrogen-bond donors (Lipinski definition) is 1. The van der Waals surface area contributed by atoms with E-state index in [0.717, 1.165) is 44.0 Å². The molecule has 5 rings (SSSR count).